The monoisotopic (exact) mass is 325 g/mol. The van der Waals surface area contributed by atoms with E-state index in [4.69, 9.17) is 4.74 Å². The van der Waals surface area contributed by atoms with Gasteiger partial charge >= 0.3 is 0 Å². The van der Waals surface area contributed by atoms with Crippen LogP contribution < -0.4 is 10.1 Å². The number of carbonyl (C=O) groups is 1. The van der Waals surface area contributed by atoms with Gasteiger partial charge in [-0.3, -0.25) is 4.79 Å². The highest BCUT2D eigenvalue weighted by Crippen LogP contribution is 2.23. The molecule has 0 spiro atoms. The van der Waals surface area contributed by atoms with Crippen LogP contribution in [0.4, 0.5) is 0 Å². The number of ether oxygens (including phenoxy) is 1. The van der Waals surface area contributed by atoms with E-state index in [-0.39, 0.29) is 35.8 Å². The van der Waals surface area contributed by atoms with Crippen LogP contribution in [0.5, 0.6) is 5.75 Å². The Bertz CT molecular complexity index is 610. The first-order valence-electron chi connectivity index (χ1n) is 7.57. The average molecular weight is 325 g/mol. The van der Waals surface area contributed by atoms with Crippen LogP contribution in [0.15, 0.2) is 24.3 Å². The molecule has 1 aromatic rings. The van der Waals surface area contributed by atoms with Gasteiger partial charge in [0.15, 0.2) is 9.84 Å². The topological polar surface area (TPSA) is 72.5 Å². The Morgan fingerprint density at radius 3 is 2.55 bits per heavy atom. The predicted octanol–water partition coefficient (Wildman–Crippen LogP) is 2.09. The van der Waals surface area contributed by atoms with Crippen LogP contribution in [0.25, 0.3) is 0 Å². The number of hydrogen-bond donors (Lipinski definition) is 1. The van der Waals surface area contributed by atoms with Gasteiger partial charge in [0.25, 0.3) is 0 Å². The Balaban J connectivity index is 1.93. The summed E-state index contributed by atoms with van der Waals surface area (Å²) < 4.78 is 28.0. The quantitative estimate of drug-likeness (QED) is 0.869. The summed E-state index contributed by atoms with van der Waals surface area (Å²) in [5.74, 6) is 1.00. The van der Waals surface area contributed by atoms with Crippen molar-refractivity contribution in [3.8, 4) is 5.75 Å². The van der Waals surface area contributed by atoms with Crippen LogP contribution in [-0.4, -0.2) is 32.9 Å². The molecule has 0 saturated carbocycles. The number of nitrogens with one attached hydrogen (secondary N) is 1. The first kappa shape index (κ1) is 16.8. The van der Waals surface area contributed by atoms with Gasteiger partial charge in [-0.1, -0.05) is 19.1 Å². The molecular weight excluding hydrogens is 302 g/mol. The SMILES string of the molecule is CCC(NC(=O)CC1CCS(=O)(=O)C1)c1ccc(OC)cc1. The molecule has 1 amide bonds. The number of carbonyl (C=O) groups excluding carboxylic acids is 1. The summed E-state index contributed by atoms with van der Waals surface area (Å²) in [5, 5.41) is 3.00. The predicted molar refractivity (Wildman–Crippen MR) is 85.5 cm³/mol. The van der Waals surface area contributed by atoms with Gasteiger partial charge in [0.05, 0.1) is 24.7 Å². The number of methoxy groups -OCH3 is 1. The first-order valence-corrected chi connectivity index (χ1v) is 9.39. The van der Waals surface area contributed by atoms with E-state index in [0.717, 1.165) is 17.7 Å². The third kappa shape index (κ3) is 4.47. The van der Waals surface area contributed by atoms with Gasteiger partial charge in [0.2, 0.25) is 5.91 Å². The van der Waals surface area contributed by atoms with Crippen molar-refractivity contribution in [1.29, 1.82) is 0 Å². The highest BCUT2D eigenvalue weighted by atomic mass is 32.2. The Hall–Kier alpha value is -1.56. The molecule has 2 rings (SSSR count). The molecule has 1 aliphatic rings. The van der Waals surface area contributed by atoms with Gasteiger partial charge in [0.1, 0.15) is 5.75 Å². The second-order valence-corrected chi connectivity index (χ2v) is 8.00. The van der Waals surface area contributed by atoms with Crippen LogP contribution in [0.3, 0.4) is 0 Å². The maximum absolute atomic E-state index is 12.1. The fourth-order valence-corrected chi connectivity index (χ4v) is 4.67. The molecule has 1 heterocycles. The zero-order valence-electron chi connectivity index (χ0n) is 13.0. The van der Waals surface area contributed by atoms with Crippen LogP contribution in [0, 0.1) is 5.92 Å². The number of amides is 1. The normalized spacial score (nSPS) is 21.3. The molecule has 1 N–H and O–H groups in total. The van der Waals surface area contributed by atoms with Crippen molar-refractivity contribution in [2.24, 2.45) is 5.92 Å². The minimum atomic E-state index is -2.93. The summed E-state index contributed by atoms with van der Waals surface area (Å²) in [4.78, 5) is 12.1. The number of rotatable bonds is 6. The summed E-state index contributed by atoms with van der Waals surface area (Å²) in [5.41, 5.74) is 1.02. The van der Waals surface area contributed by atoms with Crippen molar-refractivity contribution in [3.63, 3.8) is 0 Å². The van der Waals surface area contributed by atoms with Gasteiger partial charge in [0, 0.05) is 6.42 Å². The van der Waals surface area contributed by atoms with Crippen molar-refractivity contribution < 1.29 is 17.9 Å². The summed E-state index contributed by atoms with van der Waals surface area (Å²) in [6, 6.07) is 7.55. The lowest BCUT2D eigenvalue weighted by atomic mass is 10.0. The minimum Gasteiger partial charge on any atom is -0.497 e. The Kier molecular flexibility index (Phi) is 5.45. The number of sulfone groups is 1. The second-order valence-electron chi connectivity index (χ2n) is 5.77. The van der Waals surface area contributed by atoms with Gasteiger partial charge in [-0.25, -0.2) is 8.42 Å². The molecule has 2 unspecified atom stereocenters. The van der Waals surface area contributed by atoms with E-state index in [9.17, 15) is 13.2 Å². The lowest BCUT2D eigenvalue weighted by Gasteiger charge is -2.19. The van der Waals surface area contributed by atoms with Crippen LogP contribution in [0.2, 0.25) is 0 Å². The Morgan fingerprint density at radius 1 is 1.36 bits per heavy atom. The first-order chi connectivity index (χ1) is 10.4. The molecule has 1 fully saturated rings. The molecule has 0 radical (unpaired) electrons. The fourth-order valence-electron chi connectivity index (χ4n) is 2.81. The van der Waals surface area contributed by atoms with Gasteiger partial charge in [-0.2, -0.15) is 0 Å². The molecule has 1 aromatic carbocycles. The van der Waals surface area contributed by atoms with Gasteiger partial charge < -0.3 is 10.1 Å². The third-order valence-corrected chi connectivity index (χ3v) is 5.90. The maximum Gasteiger partial charge on any atom is 0.220 e. The number of benzene rings is 1. The summed E-state index contributed by atoms with van der Waals surface area (Å²) >= 11 is 0. The molecule has 5 nitrogen and oxygen atoms in total. The van der Waals surface area contributed by atoms with Crippen LogP contribution >= 0.6 is 0 Å². The smallest absolute Gasteiger partial charge is 0.220 e. The van der Waals surface area contributed by atoms with E-state index in [1.807, 2.05) is 31.2 Å². The van der Waals surface area contributed by atoms with Crippen LogP contribution in [-0.2, 0) is 14.6 Å². The third-order valence-electron chi connectivity index (χ3n) is 4.06. The molecule has 1 saturated heterocycles. The molecule has 6 heteroatoms. The van der Waals surface area contributed by atoms with E-state index in [1.165, 1.54) is 0 Å². The van der Waals surface area contributed by atoms with E-state index in [0.29, 0.717) is 6.42 Å². The van der Waals surface area contributed by atoms with E-state index in [1.54, 1.807) is 7.11 Å². The zero-order valence-corrected chi connectivity index (χ0v) is 13.9. The van der Waals surface area contributed by atoms with E-state index < -0.39 is 9.84 Å². The molecule has 0 aliphatic carbocycles. The molecule has 22 heavy (non-hydrogen) atoms. The Labute approximate surface area is 132 Å². The van der Waals surface area contributed by atoms with Gasteiger partial charge in [-0.05, 0) is 36.5 Å². The standard InChI is InChI=1S/C16H23NO4S/c1-3-15(13-4-6-14(21-2)7-5-13)17-16(18)10-12-8-9-22(19,20)11-12/h4-7,12,15H,3,8-11H2,1-2H3,(H,17,18). The summed E-state index contributed by atoms with van der Waals surface area (Å²) in [6.45, 7) is 2.01. The van der Waals surface area contributed by atoms with Crippen molar-refractivity contribution in [1.82, 2.24) is 5.32 Å². The molecule has 1 aliphatic heterocycles. The highest BCUT2D eigenvalue weighted by Gasteiger charge is 2.29. The maximum atomic E-state index is 12.1. The van der Waals surface area contributed by atoms with Crippen LogP contribution in [0.1, 0.15) is 37.8 Å². The van der Waals surface area contributed by atoms with Crippen molar-refractivity contribution >= 4 is 15.7 Å². The molecule has 0 aromatic heterocycles. The fraction of sp³-hybridized carbons (Fsp3) is 0.562. The van der Waals surface area contributed by atoms with Crippen molar-refractivity contribution in [2.45, 2.75) is 32.2 Å². The molecule has 2 atom stereocenters. The lowest BCUT2D eigenvalue weighted by molar-refractivity contribution is -0.122. The number of hydrogen-bond acceptors (Lipinski definition) is 4. The zero-order chi connectivity index (χ0) is 16.2. The Morgan fingerprint density at radius 2 is 2.05 bits per heavy atom. The highest BCUT2D eigenvalue weighted by molar-refractivity contribution is 7.91. The van der Waals surface area contributed by atoms with E-state index >= 15 is 0 Å². The average Bonchev–Trinajstić information content (AvgIpc) is 2.83. The molecule has 122 valence electrons. The second kappa shape index (κ2) is 7.13. The largest absolute Gasteiger partial charge is 0.497 e. The van der Waals surface area contributed by atoms with Gasteiger partial charge in [-0.15, -0.1) is 0 Å². The summed E-state index contributed by atoms with van der Waals surface area (Å²) in [6.07, 6.45) is 1.65. The van der Waals surface area contributed by atoms with Crippen molar-refractivity contribution in [3.05, 3.63) is 29.8 Å². The lowest BCUT2D eigenvalue weighted by Crippen LogP contribution is -2.29. The van der Waals surface area contributed by atoms with Crippen molar-refractivity contribution in [2.75, 3.05) is 18.6 Å². The molecular formula is C16H23NO4S. The molecule has 0 bridgehead atoms. The summed E-state index contributed by atoms with van der Waals surface area (Å²) in [7, 11) is -1.31. The van der Waals surface area contributed by atoms with E-state index in [2.05, 4.69) is 5.32 Å². The minimum absolute atomic E-state index is 0.0432.